The van der Waals surface area contributed by atoms with Crippen LogP contribution < -0.4 is 21.3 Å². The summed E-state index contributed by atoms with van der Waals surface area (Å²) in [7, 11) is 3.71. The maximum absolute atomic E-state index is 11.7. The molecule has 8 heteroatoms. The van der Waals surface area contributed by atoms with Gasteiger partial charge in [-0.1, -0.05) is 6.07 Å². The van der Waals surface area contributed by atoms with Crippen molar-refractivity contribution in [3.63, 3.8) is 0 Å². The van der Waals surface area contributed by atoms with Crippen LogP contribution in [0.4, 0.5) is 16.2 Å². The maximum Gasteiger partial charge on any atom is 0.326 e. The number of carbonyl (C=O) groups is 3. The maximum atomic E-state index is 11.7. The second-order valence-corrected chi connectivity index (χ2v) is 4.60. The first-order valence-corrected chi connectivity index (χ1v) is 6.15. The summed E-state index contributed by atoms with van der Waals surface area (Å²) in [6.45, 7) is 0. The van der Waals surface area contributed by atoms with Crippen LogP contribution in [-0.2, 0) is 9.59 Å². The molecule has 0 spiro atoms. The van der Waals surface area contributed by atoms with E-state index in [2.05, 4.69) is 10.6 Å². The molecule has 0 fully saturated rings. The zero-order chi connectivity index (χ0) is 16.0. The minimum absolute atomic E-state index is 0.472. The van der Waals surface area contributed by atoms with Gasteiger partial charge in [0.15, 0.2) is 0 Å². The first-order valence-electron chi connectivity index (χ1n) is 6.15. The van der Waals surface area contributed by atoms with E-state index in [1.807, 2.05) is 25.1 Å². The summed E-state index contributed by atoms with van der Waals surface area (Å²) in [5, 5.41) is 13.6. The number of carboxylic acid groups (broad SMARTS) is 1. The second kappa shape index (κ2) is 7.13. The Balaban J connectivity index is 2.69. The van der Waals surface area contributed by atoms with Crippen LogP contribution >= 0.6 is 0 Å². The van der Waals surface area contributed by atoms with Crippen molar-refractivity contribution in [2.75, 3.05) is 24.3 Å². The normalized spacial score (nSPS) is 11.3. The Kier molecular flexibility index (Phi) is 5.53. The van der Waals surface area contributed by atoms with Gasteiger partial charge in [0.1, 0.15) is 6.04 Å². The lowest BCUT2D eigenvalue weighted by molar-refractivity contribution is -0.140. The van der Waals surface area contributed by atoms with Gasteiger partial charge in [-0.2, -0.15) is 0 Å². The van der Waals surface area contributed by atoms with Gasteiger partial charge in [-0.25, -0.2) is 9.59 Å². The van der Waals surface area contributed by atoms with Crippen molar-refractivity contribution in [2.24, 2.45) is 5.73 Å². The highest BCUT2D eigenvalue weighted by atomic mass is 16.4. The number of hydrogen-bond donors (Lipinski definition) is 4. The van der Waals surface area contributed by atoms with Gasteiger partial charge < -0.3 is 26.4 Å². The molecule has 0 saturated carbocycles. The number of urea groups is 1. The number of amides is 3. The first kappa shape index (κ1) is 16.3. The highest BCUT2D eigenvalue weighted by Gasteiger charge is 2.22. The molecule has 1 rings (SSSR count). The molecule has 1 atom stereocenters. The Morgan fingerprint density at radius 3 is 2.52 bits per heavy atom. The minimum atomic E-state index is -1.36. The molecule has 5 N–H and O–H groups in total. The van der Waals surface area contributed by atoms with Gasteiger partial charge in [-0.05, 0) is 18.2 Å². The van der Waals surface area contributed by atoms with E-state index in [4.69, 9.17) is 10.8 Å². The molecule has 1 aromatic rings. The van der Waals surface area contributed by atoms with Gasteiger partial charge in [-0.15, -0.1) is 0 Å². The quantitative estimate of drug-likeness (QED) is 0.596. The number of nitrogens with two attached hydrogens (primary N) is 1. The topological polar surface area (TPSA) is 125 Å². The number of rotatable bonds is 6. The van der Waals surface area contributed by atoms with Crippen molar-refractivity contribution in [2.45, 2.75) is 12.5 Å². The van der Waals surface area contributed by atoms with Gasteiger partial charge in [0.2, 0.25) is 5.91 Å². The number of nitrogens with one attached hydrogen (secondary N) is 2. The highest BCUT2D eigenvalue weighted by Crippen LogP contribution is 2.17. The lowest BCUT2D eigenvalue weighted by Crippen LogP contribution is -2.45. The number of carboxylic acids is 1. The molecule has 8 nitrogen and oxygen atoms in total. The van der Waals surface area contributed by atoms with Crippen LogP contribution in [0.1, 0.15) is 6.42 Å². The number of aliphatic carboxylic acids is 1. The summed E-state index contributed by atoms with van der Waals surface area (Å²) in [6, 6.07) is 4.91. The number of carbonyl (C=O) groups excluding carboxylic acids is 2. The fourth-order valence-corrected chi connectivity index (χ4v) is 1.59. The Bertz CT molecular complexity index is 545. The molecule has 114 valence electrons. The number of hydrogen-bond acceptors (Lipinski definition) is 4. The van der Waals surface area contributed by atoms with E-state index in [0.29, 0.717) is 5.69 Å². The van der Waals surface area contributed by atoms with Crippen LogP contribution in [-0.4, -0.2) is 43.2 Å². The Labute approximate surface area is 121 Å². The summed E-state index contributed by atoms with van der Waals surface area (Å²) < 4.78 is 0. The Hall–Kier alpha value is -2.77. The second-order valence-electron chi connectivity index (χ2n) is 4.60. The van der Waals surface area contributed by atoms with Crippen LogP contribution in [0.5, 0.6) is 0 Å². The average molecular weight is 294 g/mol. The van der Waals surface area contributed by atoms with Crippen molar-refractivity contribution in [3.05, 3.63) is 24.3 Å². The van der Waals surface area contributed by atoms with Crippen LogP contribution in [0.15, 0.2) is 24.3 Å². The molecule has 0 aliphatic carbocycles. The van der Waals surface area contributed by atoms with Crippen LogP contribution in [0, 0.1) is 0 Å². The van der Waals surface area contributed by atoms with E-state index in [9.17, 15) is 14.4 Å². The third kappa shape index (κ3) is 5.39. The predicted octanol–water partition coefficient (Wildman–Crippen LogP) is 0.203. The molecular weight excluding hydrogens is 276 g/mol. The molecule has 0 unspecified atom stereocenters. The minimum Gasteiger partial charge on any atom is -0.480 e. The summed E-state index contributed by atoms with van der Waals surface area (Å²) in [6.07, 6.45) is -0.472. The smallest absolute Gasteiger partial charge is 0.326 e. The lowest BCUT2D eigenvalue weighted by atomic mass is 10.2. The third-order valence-corrected chi connectivity index (χ3v) is 2.63. The number of primary amides is 1. The van der Waals surface area contributed by atoms with Crippen LogP contribution in [0.3, 0.4) is 0 Å². The predicted molar refractivity (Wildman–Crippen MR) is 78.2 cm³/mol. The third-order valence-electron chi connectivity index (χ3n) is 2.63. The molecule has 0 bridgehead atoms. The number of anilines is 2. The van der Waals surface area contributed by atoms with Crippen molar-refractivity contribution < 1.29 is 19.5 Å². The van der Waals surface area contributed by atoms with Gasteiger partial charge >= 0.3 is 12.0 Å². The summed E-state index contributed by atoms with van der Waals surface area (Å²) in [5.41, 5.74) is 6.31. The van der Waals surface area contributed by atoms with E-state index >= 15 is 0 Å². The van der Waals surface area contributed by atoms with E-state index in [-0.39, 0.29) is 0 Å². The average Bonchev–Trinajstić information content (AvgIpc) is 2.37. The van der Waals surface area contributed by atoms with E-state index < -0.39 is 30.4 Å². The fourth-order valence-electron chi connectivity index (χ4n) is 1.59. The Morgan fingerprint density at radius 1 is 1.33 bits per heavy atom. The molecular formula is C13H18N4O4. The van der Waals surface area contributed by atoms with Crippen molar-refractivity contribution in [3.8, 4) is 0 Å². The Morgan fingerprint density at radius 2 is 2.00 bits per heavy atom. The van der Waals surface area contributed by atoms with Gasteiger partial charge in [-0.3, -0.25) is 4.79 Å². The molecule has 3 amide bonds. The van der Waals surface area contributed by atoms with Gasteiger partial charge in [0.05, 0.1) is 6.42 Å². The summed E-state index contributed by atoms with van der Waals surface area (Å²) >= 11 is 0. The zero-order valence-electron chi connectivity index (χ0n) is 11.8. The molecule has 0 radical (unpaired) electrons. The van der Waals surface area contributed by atoms with Crippen molar-refractivity contribution in [1.29, 1.82) is 0 Å². The first-order chi connectivity index (χ1) is 9.79. The molecule has 0 aliphatic rings. The van der Waals surface area contributed by atoms with E-state index in [1.54, 1.807) is 18.2 Å². The molecule has 0 saturated heterocycles. The summed E-state index contributed by atoms with van der Waals surface area (Å²) in [4.78, 5) is 35.3. The zero-order valence-corrected chi connectivity index (χ0v) is 11.8. The van der Waals surface area contributed by atoms with Crippen molar-refractivity contribution >= 4 is 29.3 Å². The highest BCUT2D eigenvalue weighted by molar-refractivity contribution is 5.94. The van der Waals surface area contributed by atoms with Crippen LogP contribution in [0.25, 0.3) is 0 Å². The van der Waals surface area contributed by atoms with Gasteiger partial charge in [0, 0.05) is 25.5 Å². The van der Waals surface area contributed by atoms with Crippen molar-refractivity contribution in [1.82, 2.24) is 5.32 Å². The molecule has 0 aromatic heterocycles. The molecule has 0 aliphatic heterocycles. The SMILES string of the molecule is CN(C)c1cccc(NC(=O)N[C@@H](CC(N)=O)C(=O)O)c1. The monoisotopic (exact) mass is 294 g/mol. The molecule has 0 heterocycles. The molecule has 21 heavy (non-hydrogen) atoms. The van der Waals surface area contributed by atoms with E-state index in [1.165, 1.54) is 0 Å². The largest absolute Gasteiger partial charge is 0.480 e. The van der Waals surface area contributed by atoms with Crippen LogP contribution in [0.2, 0.25) is 0 Å². The summed E-state index contributed by atoms with van der Waals surface area (Å²) in [5.74, 6) is -2.14. The standard InChI is InChI=1S/C13H18N4O4/c1-17(2)9-5-3-4-8(6-9)15-13(21)16-10(12(19)20)7-11(14)18/h3-6,10H,7H2,1-2H3,(H2,14,18)(H,19,20)(H2,15,16,21)/t10-/m0/s1. The van der Waals surface area contributed by atoms with Gasteiger partial charge in [0.25, 0.3) is 0 Å². The fraction of sp³-hybridized carbons (Fsp3) is 0.308. The lowest BCUT2D eigenvalue weighted by Gasteiger charge is -2.16. The number of benzene rings is 1. The molecule has 1 aromatic carbocycles. The number of nitrogens with zero attached hydrogens (tertiary/aromatic N) is 1. The van der Waals surface area contributed by atoms with E-state index in [0.717, 1.165) is 5.69 Å².